The van der Waals surface area contributed by atoms with Crippen molar-refractivity contribution >= 4 is 33.4 Å². The van der Waals surface area contributed by atoms with E-state index in [2.05, 4.69) is 15.0 Å². The summed E-state index contributed by atoms with van der Waals surface area (Å²) in [5.41, 5.74) is 10.4. The molecule has 196 valence electrons. The summed E-state index contributed by atoms with van der Waals surface area (Å²) in [5.74, 6) is -1.81. The Morgan fingerprint density at radius 2 is 1.84 bits per heavy atom. The van der Waals surface area contributed by atoms with Crippen molar-refractivity contribution in [1.82, 2.24) is 14.4 Å². The van der Waals surface area contributed by atoms with Crippen LogP contribution in [0.25, 0.3) is 5.52 Å². The van der Waals surface area contributed by atoms with E-state index in [-0.39, 0.29) is 16.4 Å². The van der Waals surface area contributed by atoms with Gasteiger partial charge in [-0.05, 0) is 24.3 Å². The number of carboxylic acid groups (broad SMARTS) is 1. The van der Waals surface area contributed by atoms with E-state index in [1.165, 1.54) is 40.9 Å². The van der Waals surface area contributed by atoms with Crippen molar-refractivity contribution in [2.45, 2.75) is 17.4 Å². The van der Waals surface area contributed by atoms with E-state index in [1.807, 2.05) is 0 Å². The molecule has 2 heterocycles. The maximum atomic E-state index is 12.7. The molecule has 1 unspecified atom stereocenters. The number of carbonyl (C=O) groups excluding carboxylic acids is 1. The molecule has 0 aliphatic rings. The number of aliphatic carboxylic acids is 1. The third-order valence-electron chi connectivity index (χ3n) is 5.02. The van der Waals surface area contributed by atoms with Crippen molar-refractivity contribution in [2.24, 2.45) is 16.5 Å². The van der Waals surface area contributed by atoms with Gasteiger partial charge in [-0.1, -0.05) is 18.2 Å². The average molecular weight is 531 g/mol. The van der Waals surface area contributed by atoms with Gasteiger partial charge >= 0.3 is 5.97 Å². The third-order valence-corrected chi connectivity index (χ3v) is 6.51. The first kappa shape index (κ1) is 27.2. The second-order valence-electron chi connectivity index (χ2n) is 7.78. The molecule has 0 saturated heterocycles. The maximum Gasteiger partial charge on any atom is 0.323 e. The van der Waals surface area contributed by atoms with Gasteiger partial charge in [0.1, 0.15) is 11.8 Å². The van der Waals surface area contributed by atoms with Crippen LogP contribution in [0.3, 0.4) is 0 Å². The Kier molecular flexibility index (Phi) is 8.81. The predicted molar refractivity (Wildman–Crippen MR) is 135 cm³/mol. The third kappa shape index (κ3) is 7.52. The normalized spacial score (nSPS) is 12.0. The Morgan fingerprint density at radius 1 is 1.11 bits per heavy atom. The molecule has 13 nitrogen and oxygen atoms in total. The fourth-order valence-corrected chi connectivity index (χ4v) is 4.44. The SMILES string of the molecule is NC(N)=NCCCOc1ccn2c(=O)cc(C(=O)NCC(NS(=O)(=O)c3ccccc3)C(=O)O)cc2c1. The number of aliphatic imine (C=N–C) groups is 1. The summed E-state index contributed by atoms with van der Waals surface area (Å²) in [5, 5.41) is 11.8. The summed E-state index contributed by atoms with van der Waals surface area (Å²) in [6.07, 6.45) is 2.04. The molecule has 14 heteroatoms. The van der Waals surface area contributed by atoms with Crippen LogP contribution in [0, 0.1) is 0 Å². The number of ether oxygens (including phenoxy) is 1. The van der Waals surface area contributed by atoms with Crippen molar-refractivity contribution in [2.75, 3.05) is 19.7 Å². The van der Waals surface area contributed by atoms with E-state index in [0.717, 1.165) is 6.07 Å². The number of guanidine groups is 1. The fourth-order valence-electron chi connectivity index (χ4n) is 3.23. The lowest BCUT2D eigenvalue weighted by Crippen LogP contribution is -2.48. The highest BCUT2D eigenvalue weighted by molar-refractivity contribution is 7.89. The van der Waals surface area contributed by atoms with Crippen LogP contribution in [0.4, 0.5) is 0 Å². The summed E-state index contributed by atoms with van der Waals surface area (Å²) in [6.45, 7) is 0.143. The fraction of sp³-hybridized carbons (Fsp3) is 0.217. The number of carboxylic acids is 1. The van der Waals surface area contributed by atoms with Crippen LogP contribution in [0.5, 0.6) is 5.75 Å². The van der Waals surface area contributed by atoms with Crippen LogP contribution in [-0.4, -0.2) is 61.5 Å². The molecule has 1 amide bonds. The number of hydrogen-bond donors (Lipinski definition) is 5. The van der Waals surface area contributed by atoms with Crippen molar-refractivity contribution in [3.8, 4) is 5.75 Å². The van der Waals surface area contributed by atoms with Gasteiger partial charge in [0.2, 0.25) is 10.0 Å². The van der Waals surface area contributed by atoms with E-state index in [4.69, 9.17) is 16.2 Å². The number of amides is 1. The zero-order chi connectivity index (χ0) is 27.0. The van der Waals surface area contributed by atoms with E-state index >= 15 is 0 Å². The van der Waals surface area contributed by atoms with Crippen molar-refractivity contribution in [3.63, 3.8) is 0 Å². The van der Waals surface area contributed by atoms with Gasteiger partial charge < -0.3 is 26.6 Å². The van der Waals surface area contributed by atoms with Gasteiger partial charge in [0.25, 0.3) is 11.5 Å². The number of aromatic nitrogens is 1. The van der Waals surface area contributed by atoms with Crippen molar-refractivity contribution < 1.29 is 27.9 Å². The van der Waals surface area contributed by atoms with Crippen LogP contribution in [-0.2, 0) is 14.8 Å². The van der Waals surface area contributed by atoms with Crippen LogP contribution in [0.1, 0.15) is 16.8 Å². The van der Waals surface area contributed by atoms with Crippen LogP contribution in [0.2, 0.25) is 0 Å². The average Bonchev–Trinajstić information content (AvgIpc) is 2.86. The van der Waals surface area contributed by atoms with Gasteiger partial charge in [0.15, 0.2) is 5.96 Å². The topological polar surface area (TPSA) is 208 Å². The molecule has 0 spiro atoms. The first-order valence-corrected chi connectivity index (χ1v) is 12.5. The number of hydrogen-bond acceptors (Lipinski definition) is 7. The second-order valence-corrected chi connectivity index (χ2v) is 9.50. The number of fused-ring (bicyclic) bond motifs is 1. The minimum atomic E-state index is -4.14. The Balaban J connectivity index is 1.70. The summed E-state index contributed by atoms with van der Waals surface area (Å²) in [4.78, 5) is 40.5. The molecule has 0 aliphatic heterocycles. The molecule has 7 N–H and O–H groups in total. The van der Waals surface area contributed by atoms with E-state index in [1.54, 1.807) is 18.2 Å². The lowest BCUT2D eigenvalue weighted by Gasteiger charge is -2.16. The first-order valence-electron chi connectivity index (χ1n) is 11.0. The molecule has 3 rings (SSSR count). The molecule has 1 atom stereocenters. The van der Waals surface area contributed by atoms with E-state index < -0.39 is 40.0 Å². The largest absolute Gasteiger partial charge is 0.493 e. The van der Waals surface area contributed by atoms with Gasteiger partial charge in [0, 0.05) is 43.4 Å². The summed E-state index contributed by atoms with van der Waals surface area (Å²) in [6, 6.07) is 11.2. The van der Waals surface area contributed by atoms with E-state index in [9.17, 15) is 27.9 Å². The number of rotatable bonds is 12. The summed E-state index contributed by atoms with van der Waals surface area (Å²) >= 11 is 0. The Bertz CT molecular complexity index is 1470. The molecule has 3 aromatic rings. The minimum absolute atomic E-state index is 0.0147. The van der Waals surface area contributed by atoms with Gasteiger partial charge in [0.05, 0.1) is 17.0 Å². The molecule has 0 aliphatic carbocycles. The Hall–Kier alpha value is -4.43. The number of sulfonamides is 1. The van der Waals surface area contributed by atoms with Crippen LogP contribution < -0.4 is 31.8 Å². The highest BCUT2D eigenvalue weighted by Crippen LogP contribution is 2.15. The lowest BCUT2D eigenvalue weighted by molar-refractivity contribution is -0.138. The Labute approximate surface area is 211 Å². The molecule has 1 aromatic carbocycles. The quantitative estimate of drug-likeness (QED) is 0.116. The lowest BCUT2D eigenvalue weighted by atomic mass is 10.2. The molecular weight excluding hydrogens is 504 g/mol. The standard InChI is InChI=1S/C23H26N6O7S/c24-23(25)26-8-4-10-36-17-7-9-29-16(13-17)11-15(12-20(29)30)21(31)27-14-19(22(32)33)28-37(34,35)18-5-2-1-3-6-18/h1-3,5-7,9,11-13,19,28H,4,8,10,14H2,(H,27,31)(H,32,33)(H4,24,25,26). The second kappa shape index (κ2) is 12.0. The first-order chi connectivity index (χ1) is 17.6. The number of nitrogens with one attached hydrogen (secondary N) is 2. The highest BCUT2D eigenvalue weighted by atomic mass is 32.2. The van der Waals surface area contributed by atoms with Crippen LogP contribution in [0.15, 0.2) is 75.5 Å². The summed E-state index contributed by atoms with van der Waals surface area (Å²) in [7, 11) is -4.14. The number of carbonyl (C=O) groups is 2. The van der Waals surface area contributed by atoms with Gasteiger partial charge in [-0.25, -0.2) is 8.42 Å². The molecule has 37 heavy (non-hydrogen) atoms. The molecule has 0 bridgehead atoms. The predicted octanol–water partition coefficient (Wildman–Crippen LogP) is -0.497. The zero-order valence-corrected chi connectivity index (χ0v) is 20.3. The van der Waals surface area contributed by atoms with Gasteiger partial charge in [-0.3, -0.25) is 23.8 Å². The molecule has 0 saturated carbocycles. The zero-order valence-electron chi connectivity index (χ0n) is 19.5. The molecule has 0 radical (unpaired) electrons. The number of pyridine rings is 2. The van der Waals surface area contributed by atoms with Crippen LogP contribution >= 0.6 is 0 Å². The highest BCUT2D eigenvalue weighted by Gasteiger charge is 2.26. The number of nitrogens with two attached hydrogens (primary N) is 2. The van der Waals surface area contributed by atoms with Crippen molar-refractivity contribution in [1.29, 1.82) is 0 Å². The van der Waals surface area contributed by atoms with Gasteiger partial charge in [-0.15, -0.1) is 0 Å². The molecule has 0 fully saturated rings. The monoisotopic (exact) mass is 530 g/mol. The minimum Gasteiger partial charge on any atom is -0.493 e. The molecular formula is C23H26N6O7S. The smallest absolute Gasteiger partial charge is 0.323 e. The number of nitrogens with zero attached hydrogens (tertiary/aromatic N) is 2. The number of benzene rings is 1. The molecule has 2 aromatic heterocycles. The van der Waals surface area contributed by atoms with Crippen molar-refractivity contribution in [3.05, 3.63) is 76.7 Å². The summed E-state index contributed by atoms with van der Waals surface area (Å²) < 4.78 is 33.9. The van der Waals surface area contributed by atoms with E-state index in [0.29, 0.717) is 30.8 Å². The maximum absolute atomic E-state index is 12.7. The Morgan fingerprint density at radius 3 is 2.51 bits per heavy atom. The van der Waals surface area contributed by atoms with Gasteiger partial charge in [-0.2, -0.15) is 4.72 Å².